The van der Waals surface area contributed by atoms with Gasteiger partial charge in [0.15, 0.2) is 0 Å². The van der Waals surface area contributed by atoms with Gasteiger partial charge >= 0.3 is 5.97 Å². The molecule has 0 amide bonds. The summed E-state index contributed by atoms with van der Waals surface area (Å²) < 4.78 is 7.78. The Morgan fingerprint density at radius 2 is 1.97 bits per heavy atom. The van der Waals surface area contributed by atoms with Crippen molar-refractivity contribution in [2.24, 2.45) is 7.05 Å². The van der Waals surface area contributed by atoms with Crippen LogP contribution in [0, 0.1) is 6.92 Å². The summed E-state index contributed by atoms with van der Waals surface area (Å²) in [5, 5.41) is 17.3. The molecule has 1 N–H and O–H groups in total. The molecule has 30 heavy (non-hydrogen) atoms. The molecule has 4 rings (SSSR count). The van der Waals surface area contributed by atoms with Crippen LogP contribution in [-0.2, 0) is 31.3 Å². The zero-order valence-electron chi connectivity index (χ0n) is 17.5. The summed E-state index contributed by atoms with van der Waals surface area (Å²) in [6.07, 6.45) is 6.44. The molecule has 6 heteroatoms. The Kier molecular flexibility index (Phi) is 5.84. The van der Waals surface area contributed by atoms with Gasteiger partial charge in [0.05, 0.1) is 12.3 Å². The van der Waals surface area contributed by atoms with Crippen molar-refractivity contribution in [1.29, 1.82) is 0 Å². The van der Waals surface area contributed by atoms with Crippen molar-refractivity contribution in [3.8, 4) is 5.75 Å². The first-order chi connectivity index (χ1) is 14.5. The molecular weight excluding hydrogens is 378 g/mol. The summed E-state index contributed by atoms with van der Waals surface area (Å²) in [5.41, 5.74) is 6.42. The molecule has 1 aliphatic carbocycles. The van der Waals surface area contributed by atoms with Gasteiger partial charge in [-0.3, -0.25) is 4.79 Å². The Morgan fingerprint density at radius 3 is 2.67 bits per heavy atom. The summed E-state index contributed by atoms with van der Waals surface area (Å²) in [6.45, 7) is 2.72. The number of carboxylic acids is 1. The maximum absolute atomic E-state index is 11.4. The summed E-state index contributed by atoms with van der Waals surface area (Å²) in [4.78, 5) is 11.4. The van der Waals surface area contributed by atoms with Crippen LogP contribution in [0.1, 0.15) is 58.8 Å². The Bertz CT molecular complexity index is 1040. The SMILES string of the molecule is Cc1cc(COc2ccc(C(CC(=O)O)c3nncn3C)cc2)cc2c1CCCC2. The lowest BCUT2D eigenvalue weighted by Gasteiger charge is -2.20. The van der Waals surface area contributed by atoms with E-state index in [0.29, 0.717) is 12.4 Å². The number of aryl methyl sites for hydroxylation is 3. The van der Waals surface area contributed by atoms with Crippen LogP contribution in [-0.4, -0.2) is 25.8 Å². The van der Waals surface area contributed by atoms with E-state index in [2.05, 4.69) is 29.3 Å². The fourth-order valence-corrected chi connectivity index (χ4v) is 4.36. The first kappa shape index (κ1) is 20.1. The first-order valence-corrected chi connectivity index (χ1v) is 10.4. The fourth-order valence-electron chi connectivity index (χ4n) is 4.36. The molecule has 1 aliphatic rings. The number of nitrogens with zero attached hydrogens (tertiary/aromatic N) is 3. The van der Waals surface area contributed by atoms with E-state index in [1.54, 1.807) is 10.9 Å². The Balaban J connectivity index is 1.47. The molecule has 156 valence electrons. The lowest BCUT2D eigenvalue weighted by atomic mass is 9.87. The predicted octanol–water partition coefficient (Wildman–Crippen LogP) is 4.19. The molecule has 0 aliphatic heterocycles. The Labute approximate surface area is 176 Å². The van der Waals surface area contributed by atoms with Gasteiger partial charge in [-0.1, -0.05) is 24.3 Å². The minimum absolute atomic E-state index is 0.0405. The number of fused-ring (bicyclic) bond motifs is 1. The van der Waals surface area contributed by atoms with Gasteiger partial charge in [0.1, 0.15) is 24.5 Å². The average Bonchev–Trinajstić information content (AvgIpc) is 3.16. The summed E-state index contributed by atoms with van der Waals surface area (Å²) in [6, 6.07) is 12.1. The normalized spacial score (nSPS) is 14.2. The second-order valence-corrected chi connectivity index (χ2v) is 8.07. The number of hydrogen-bond acceptors (Lipinski definition) is 4. The third-order valence-electron chi connectivity index (χ3n) is 5.87. The highest BCUT2D eigenvalue weighted by molar-refractivity contribution is 5.68. The quantitative estimate of drug-likeness (QED) is 0.638. The van der Waals surface area contributed by atoms with E-state index in [-0.39, 0.29) is 12.3 Å². The highest BCUT2D eigenvalue weighted by Gasteiger charge is 2.22. The van der Waals surface area contributed by atoms with Crippen LogP contribution in [0.2, 0.25) is 0 Å². The largest absolute Gasteiger partial charge is 0.489 e. The van der Waals surface area contributed by atoms with Crippen molar-refractivity contribution in [1.82, 2.24) is 14.8 Å². The molecule has 0 fully saturated rings. The smallest absolute Gasteiger partial charge is 0.304 e. The summed E-state index contributed by atoms with van der Waals surface area (Å²) in [7, 11) is 1.82. The molecule has 3 aromatic rings. The average molecular weight is 405 g/mol. The van der Waals surface area contributed by atoms with Crippen LogP contribution in [0.4, 0.5) is 0 Å². The van der Waals surface area contributed by atoms with Crippen LogP contribution in [0.5, 0.6) is 5.75 Å². The number of rotatable bonds is 7. The van der Waals surface area contributed by atoms with Crippen molar-refractivity contribution in [2.45, 2.75) is 51.6 Å². The Hall–Kier alpha value is -3.15. The van der Waals surface area contributed by atoms with E-state index in [1.165, 1.54) is 41.5 Å². The van der Waals surface area contributed by atoms with Crippen LogP contribution in [0.3, 0.4) is 0 Å². The highest BCUT2D eigenvalue weighted by atomic mass is 16.5. The van der Waals surface area contributed by atoms with Gasteiger partial charge in [0.25, 0.3) is 0 Å². The van der Waals surface area contributed by atoms with E-state index < -0.39 is 5.97 Å². The van der Waals surface area contributed by atoms with Crippen molar-refractivity contribution in [3.63, 3.8) is 0 Å². The third kappa shape index (κ3) is 4.37. The molecule has 1 atom stereocenters. The van der Waals surface area contributed by atoms with Gasteiger partial charge in [-0.25, -0.2) is 0 Å². The lowest BCUT2D eigenvalue weighted by molar-refractivity contribution is -0.137. The van der Waals surface area contributed by atoms with Gasteiger partial charge in [-0.05, 0) is 72.6 Å². The van der Waals surface area contributed by atoms with E-state index in [9.17, 15) is 9.90 Å². The number of benzene rings is 2. The molecule has 2 aromatic carbocycles. The maximum Gasteiger partial charge on any atom is 0.304 e. The van der Waals surface area contributed by atoms with Crippen molar-refractivity contribution in [2.75, 3.05) is 0 Å². The predicted molar refractivity (Wildman–Crippen MR) is 114 cm³/mol. The van der Waals surface area contributed by atoms with Gasteiger partial charge in [-0.2, -0.15) is 0 Å². The molecule has 0 saturated heterocycles. The molecule has 1 aromatic heterocycles. The maximum atomic E-state index is 11.4. The number of hydrogen-bond donors (Lipinski definition) is 1. The van der Waals surface area contributed by atoms with E-state index in [1.807, 2.05) is 31.3 Å². The number of aromatic nitrogens is 3. The fraction of sp³-hybridized carbons (Fsp3) is 0.375. The van der Waals surface area contributed by atoms with Gasteiger partial charge < -0.3 is 14.4 Å². The van der Waals surface area contributed by atoms with Crippen LogP contribution >= 0.6 is 0 Å². The standard InChI is InChI=1S/C24H27N3O3/c1-16-11-17(12-19-5-3-4-6-21(16)19)14-30-20-9-7-18(8-10-20)22(13-23(28)29)24-26-25-15-27(24)2/h7-12,15,22H,3-6,13-14H2,1-2H3,(H,28,29). The van der Waals surface area contributed by atoms with Crippen LogP contribution < -0.4 is 4.74 Å². The second kappa shape index (κ2) is 8.69. The number of aliphatic carboxylic acids is 1. The molecule has 0 saturated carbocycles. The number of carbonyl (C=O) groups is 1. The van der Waals surface area contributed by atoms with Gasteiger partial charge in [0, 0.05) is 7.05 Å². The monoisotopic (exact) mass is 405 g/mol. The molecule has 1 unspecified atom stereocenters. The molecule has 1 heterocycles. The third-order valence-corrected chi connectivity index (χ3v) is 5.87. The molecule has 0 spiro atoms. The topological polar surface area (TPSA) is 77.2 Å². The molecule has 0 bridgehead atoms. The van der Waals surface area contributed by atoms with Gasteiger partial charge in [0.2, 0.25) is 0 Å². The summed E-state index contributed by atoms with van der Waals surface area (Å²) >= 11 is 0. The zero-order valence-corrected chi connectivity index (χ0v) is 17.5. The highest BCUT2D eigenvalue weighted by Crippen LogP contribution is 2.29. The van der Waals surface area contributed by atoms with Gasteiger partial charge in [-0.15, -0.1) is 10.2 Å². The Morgan fingerprint density at radius 1 is 1.20 bits per heavy atom. The molecule has 6 nitrogen and oxygen atoms in total. The second-order valence-electron chi connectivity index (χ2n) is 8.07. The minimum Gasteiger partial charge on any atom is -0.489 e. The number of carboxylic acid groups (broad SMARTS) is 1. The zero-order chi connectivity index (χ0) is 21.1. The molecule has 0 radical (unpaired) electrons. The number of ether oxygens (including phenoxy) is 1. The lowest BCUT2D eigenvalue weighted by Crippen LogP contribution is -2.12. The van der Waals surface area contributed by atoms with Crippen molar-refractivity contribution < 1.29 is 14.6 Å². The van der Waals surface area contributed by atoms with E-state index in [4.69, 9.17) is 4.74 Å². The van der Waals surface area contributed by atoms with Crippen LogP contribution in [0.25, 0.3) is 0 Å². The summed E-state index contributed by atoms with van der Waals surface area (Å²) in [5.74, 6) is 0.176. The minimum atomic E-state index is -0.869. The molecular formula is C24H27N3O3. The van der Waals surface area contributed by atoms with Crippen LogP contribution in [0.15, 0.2) is 42.7 Å². The van der Waals surface area contributed by atoms with Crippen molar-refractivity contribution in [3.05, 3.63) is 76.4 Å². The van der Waals surface area contributed by atoms with Crippen molar-refractivity contribution >= 4 is 5.97 Å². The van der Waals surface area contributed by atoms with E-state index in [0.717, 1.165) is 17.7 Å². The first-order valence-electron chi connectivity index (χ1n) is 10.4. The van der Waals surface area contributed by atoms with E-state index >= 15 is 0 Å².